The molecule has 3 aromatic rings. The highest BCUT2D eigenvalue weighted by molar-refractivity contribution is 6.35. The zero-order valence-electron chi connectivity index (χ0n) is 16.3. The van der Waals surface area contributed by atoms with Gasteiger partial charge in [-0.3, -0.25) is 0 Å². The van der Waals surface area contributed by atoms with Gasteiger partial charge in [0.1, 0.15) is 6.61 Å². The summed E-state index contributed by atoms with van der Waals surface area (Å²) in [4.78, 5) is 10.9. The van der Waals surface area contributed by atoms with Gasteiger partial charge in [-0.1, -0.05) is 35.3 Å². The van der Waals surface area contributed by atoms with Gasteiger partial charge >= 0.3 is 5.97 Å². The van der Waals surface area contributed by atoms with E-state index < -0.39 is 5.97 Å². The highest BCUT2D eigenvalue weighted by Gasteiger charge is 2.09. The van der Waals surface area contributed by atoms with E-state index in [0.29, 0.717) is 41.3 Å². The first kappa shape index (κ1) is 21.8. The van der Waals surface area contributed by atoms with Crippen LogP contribution in [-0.2, 0) is 13.2 Å². The van der Waals surface area contributed by atoms with Crippen LogP contribution < -0.4 is 14.8 Å². The Bertz CT molecular complexity index is 1020. The first-order valence-electron chi connectivity index (χ1n) is 9.36. The average Bonchev–Trinajstić information content (AvgIpc) is 2.73. The van der Waals surface area contributed by atoms with E-state index in [0.717, 1.165) is 16.8 Å². The van der Waals surface area contributed by atoms with Crippen molar-refractivity contribution in [3.05, 3.63) is 87.4 Å². The summed E-state index contributed by atoms with van der Waals surface area (Å²) in [6.07, 6.45) is 0. The van der Waals surface area contributed by atoms with Crippen LogP contribution in [0.1, 0.15) is 28.4 Å². The SMILES string of the molecule is CCOc1cc(CNc2ccc(C(=O)O)cc2)ccc1OCc1ccc(Cl)cc1Cl. The first-order valence-corrected chi connectivity index (χ1v) is 10.1. The van der Waals surface area contributed by atoms with Crippen LogP contribution in [0.4, 0.5) is 5.69 Å². The zero-order valence-corrected chi connectivity index (χ0v) is 17.8. The normalized spacial score (nSPS) is 10.5. The van der Waals surface area contributed by atoms with Crippen LogP contribution in [-0.4, -0.2) is 17.7 Å². The van der Waals surface area contributed by atoms with Crippen LogP contribution in [0, 0.1) is 0 Å². The lowest BCUT2D eigenvalue weighted by atomic mass is 10.1. The predicted molar refractivity (Wildman–Crippen MR) is 119 cm³/mol. The maximum Gasteiger partial charge on any atom is 0.335 e. The molecule has 0 amide bonds. The number of halogens is 2. The number of carboxylic acids is 1. The molecule has 7 heteroatoms. The van der Waals surface area contributed by atoms with E-state index >= 15 is 0 Å². The summed E-state index contributed by atoms with van der Waals surface area (Å²) < 4.78 is 11.7. The van der Waals surface area contributed by atoms with E-state index in [1.807, 2.05) is 31.2 Å². The summed E-state index contributed by atoms with van der Waals surface area (Å²) in [5.41, 5.74) is 2.91. The summed E-state index contributed by atoms with van der Waals surface area (Å²) >= 11 is 12.1. The van der Waals surface area contributed by atoms with E-state index in [2.05, 4.69) is 5.32 Å². The van der Waals surface area contributed by atoms with Gasteiger partial charge in [0.2, 0.25) is 0 Å². The second-order valence-corrected chi connectivity index (χ2v) is 7.32. The van der Waals surface area contributed by atoms with Crippen molar-refractivity contribution in [2.45, 2.75) is 20.1 Å². The summed E-state index contributed by atoms with van der Waals surface area (Å²) in [7, 11) is 0. The minimum absolute atomic E-state index is 0.251. The van der Waals surface area contributed by atoms with Crippen molar-refractivity contribution in [1.29, 1.82) is 0 Å². The largest absolute Gasteiger partial charge is 0.490 e. The molecule has 0 fully saturated rings. The van der Waals surface area contributed by atoms with E-state index in [1.165, 1.54) is 0 Å². The molecule has 0 aliphatic rings. The molecule has 0 aliphatic heterocycles. The number of carbonyl (C=O) groups is 1. The fourth-order valence-electron chi connectivity index (χ4n) is 2.78. The van der Waals surface area contributed by atoms with Crippen LogP contribution in [0.25, 0.3) is 0 Å². The van der Waals surface area contributed by atoms with Crippen LogP contribution in [0.3, 0.4) is 0 Å². The van der Waals surface area contributed by atoms with Crippen LogP contribution in [0.5, 0.6) is 11.5 Å². The Labute approximate surface area is 185 Å². The minimum atomic E-state index is -0.946. The molecule has 2 N–H and O–H groups in total. The third-order valence-corrected chi connectivity index (χ3v) is 4.92. The number of benzene rings is 3. The molecule has 3 rings (SSSR count). The van der Waals surface area contributed by atoms with Gasteiger partial charge in [0.15, 0.2) is 11.5 Å². The van der Waals surface area contributed by atoms with Crippen molar-refractivity contribution < 1.29 is 19.4 Å². The summed E-state index contributed by atoms with van der Waals surface area (Å²) in [5, 5.41) is 13.4. The molecule has 0 spiro atoms. The van der Waals surface area contributed by atoms with Crippen molar-refractivity contribution in [3.63, 3.8) is 0 Å². The molecule has 0 saturated heterocycles. The highest BCUT2D eigenvalue weighted by atomic mass is 35.5. The highest BCUT2D eigenvalue weighted by Crippen LogP contribution is 2.31. The smallest absolute Gasteiger partial charge is 0.335 e. The number of ether oxygens (including phenoxy) is 2. The van der Waals surface area contributed by atoms with Crippen LogP contribution >= 0.6 is 23.2 Å². The van der Waals surface area contributed by atoms with E-state index in [1.54, 1.807) is 36.4 Å². The lowest BCUT2D eigenvalue weighted by molar-refractivity contribution is 0.0697. The Morgan fingerprint density at radius 3 is 2.40 bits per heavy atom. The molecule has 0 saturated carbocycles. The van der Waals surface area contributed by atoms with E-state index in [-0.39, 0.29) is 5.56 Å². The van der Waals surface area contributed by atoms with E-state index in [4.69, 9.17) is 37.8 Å². The Hall–Kier alpha value is -2.89. The Morgan fingerprint density at radius 2 is 1.73 bits per heavy atom. The summed E-state index contributed by atoms with van der Waals surface area (Å²) in [6, 6.07) is 17.6. The number of anilines is 1. The number of aromatic carboxylic acids is 1. The summed E-state index contributed by atoms with van der Waals surface area (Å²) in [6.45, 7) is 3.26. The van der Waals surface area contributed by atoms with Crippen LogP contribution in [0.15, 0.2) is 60.7 Å². The van der Waals surface area contributed by atoms with Gasteiger partial charge in [-0.25, -0.2) is 4.79 Å². The monoisotopic (exact) mass is 445 g/mol. The average molecular weight is 446 g/mol. The standard InChI is InChI=1S/C23H21Cl2NO4/c1-2-29-22-11-15(13-26-19-8-5-16(6-9-19)23(27)28)3-10-21(22)30-14-17-4-7-18(24)12-20(17)25/h3-12,26H,2,13-14H2,1H3,(H,27,28). The van der Waals surface area contributed by atoms with Gasteiger partial charge < -0.3 is 19.9 Å². The van der Waals surface area contributed by atoms with Crippen molar-refractivity contribution in [1.82, 2.24) is 0 Å². The first-order chi connectivity index (χ1) is 14.5. The summed E-state index contributed by atoms with van der Waals surface area (Å²) in [5.74, 6) is 0.318. The van der Waals surface area contributed by atoms with Gasteiger partial charge in [0, 0.05) is 27.8 Å². The second-order valence-electron chi connectivity index (χ2n) is 6.47. The number of rotatable bonds is 9. The molecule has 0 aromatic heterocycles. The number of nitrogens with one attached hydrogen (secondary N) is 1. The lowest BCUT2D eigenvalue weighted by Crippen LogP contribution is -2.03. The Kier molecular flexibility index (Phi) is 7.44. The quantitative estimate of drug-likeness (QED) is 0.405. The lowest BCUT2D eigenvalue weighted by Gasteiger charge is -2.15. The molecular formula is C23H21Cl2NO4. The molecule has 156 valence electrons. The third-order valence-electron chi connectivity index (χ3n) is 4.33. The van der Waals surface area contributed by atoms with E-state index in [9.17, 15) is 4.79 Å². The minimum Gasteiger partial charge on any atom is -0.490 e. The Morgan fingerprint density at radius 1 is 0.967 bits per heavy atom. The maximum atomic E-state index is 10.9. The van der Waals surface area contributed by atoms with Crippen molar-refractivity contribution >= 4 is 34.9 Å². The third kappa shape index (κ3) is 5.81. The fourth-order valence-corrected chi connectivity index (χ4v) is 3.24. The molecule has 0 atom stereocenters. The van der Waals surface area contributed by atoms with Gasteiger partial charge in [0.25, 0.3) is 0 Å². The Balaban J connectivity index is 1.67. The van der Waals surface area contributed by atoms with Gasteiger partial charge in [-0.2, -0.15) is 0 Å². The molecule has 0 bridgehead atoms. The zero-order chi connectivity index (χ0) is 21.5. The maximum absolute atomic E-state index is 10.9. The molecule has 3 aromatic carbocycles. The van der Waals surface area contributed by atoms with Gasteiger partial charge in [0.05, 0.1) is 12.2 Å². The molecule has 0 aliphatic carbocycles. The topological polar surface area (TPSA) is 67.8 Å². The number of hydrogen-bond donors (Lipinski definition) is 2. The molecule has 0 radical (unpaired) electrons. The number of hydrogen-bond acceptors (Lipinski definition) is 4. The van der Waals surface area contributed by atoms with Gasteiger partial charge in [-0.15, -0.1) is 0 Å². The predicted octanol–water partition coefficient (Wildman–Crippen LogP) is 6.28. The number of carboxylic acid groups (broad SMARTS) is 1. The van der Waals surface area contributed by atoms with Crippen LogP contribution in [0.2, 0.25) is 10.0 Å². The molecular weight excluding hydrogens is 425 g/mol. The molecule has 30 heavy (non-hydrogen) atoms. The van der Waals surface area contributed by atoms with Crippen molar-refractivity contribution in [2.24, 2.45) is 0 Å². The molecule has 0 heterocycles. The van der Waals surface area contributed by atoms with Crippen molar-refractivity contribution in [3.8, 4) is 11.5 Å². The molecule has 5 nitrogen and oxygen atoms in total. The molecule has 0 unspecified atom stereocenters. The second kappa shape index (κ2) is 10.2. The fraction of sp³-hybridized carbons (Fsp3) is 0.174. The van der Waals surface area contributed by atoms with Crippen molar-refractivity contribution in [2.75, 3.05) is 11.9 Å². The van der Waals surface area contributed by atoms with Gasteiger partial charge in [-0.05, 0) is 61.0 Å².